The van der Waals surface area contributed by atoms with Crippen molar-refractivity contribution in [1.82, 2.24) is 14.5 Å². The van der Waals surface area contributed by atoms with Gasteiger partial charge in [-0.1, -0.05) is 30.2 Å². The third-order valence-corrected chi connectivity index (χ3v) is 6.67. The molecule has 0 saturated carbocycles. The molecule has 0 N–H and O–H groups in total. The molecular formula is C21H22ClN3O2S. The van der Waals surface area contributed by atoms with E-state index in [9.17, 15) is 9.59 Å². The molecule has 1 aliphatic rings. The lowest BCUT2D eigenvalue weighted by Crippen LogP contribution is -2.26. The molecular weight excluding hydrogens is 394 g/mol. The lowest BCUT2D eigenvalue weighted by Gasteiger charge is -2.17. The molecule has 5 nitrogen and oxygen atoms in total. The summed E-state index contributed by atoms with van der Waals surface area (Å²) in [4.78, 5) is 33.8. The molecule has 0 spiro atoms. The van der Waals surface area contributed by atoms with Crippen LogP contribution in [0.1, 0.15) is 45.9 Å². The van der Waals surface area contributed by atoms with Gasteiger partial charge in [0.25, 0.3) is 11.5 Å². The first kappa shape index (κ1) is 19.2. The number of aryl methyl sites for hydroxylation is 2. The van der Waals surface area contributed by atoms with Gasteiger partial charge in [0, 0.05) is 31.6 Å². The Morgan fingerprint density at radius 2 is 2.14 bits per heavy atom. The molecule has 28 heavy (non-hydrogen) atoms. The second-order valence-electron chi connectivity index (χ2n) is 7.32. The van der Waals surface area contributed by atoms with Crippen LogP contribution >= 0.6 is 22.9 Å². The number of nitrogens with zero attached hydrogens (tertiary/aromatic N) is 3. The second kappa shape index (κ2) is 7.68. The summed E-state index contributed by atoms with van der Waals surface area (Å²) in [6.07, 6.45) is 3.99. The van der Waals surface area contributed by atoms with Crippen LogP contribution in [0.4, 0.5) is 0 Å². The first-order valence-electron chi connectivity index (χ1n) is 9.48. The first-order valence-corrected chi connectivity index (χ1v) is 10.7. The first-order chi connectivity index (χ1) is 13.5. The van der Waals surface area contributed by atoms with Crippen molar-refractivity contribution in [3.63, 3.8) is 0 Å². The highest BCUT2D eigenvalue weighted by Gasteiger charge is 2.24. The highest BCUT2D eigenvalue weighted by molar-refractivity contribution is 7.20. The van der Waals surface area contributed by atoms with Gasteiger partial charge in [-0.2, -0.15) is 0 Å². The molecule has 0 fully saturated rings. The van der Waals surface area contributed by atoms with Crippen LogP contribution in [0.15, 0.2) is 29.1 Å². The van der Waals surface area contributed by atoms with E-state index in [1.54, 1.807) is 16.5 Å². The molecule has 146 valence electrons. The van der Waals surface area contributed by atoms with Crippen molar-refractivity contribution in [2.24, 2.45) is 0 Å². The average molecular weight is 416 g/mol. The molecule has 0 saturated heterocycles. The molecule has 0 radical (unpaired) electrons. The van der Waals surface area contributed by atoms with Crippen molar-refractivity contribution in [2.75, 3.05) is 7.05 Å². The molecule has 3 heterocycles. The van der Waals surface area contributed by atoms with Crippen molar-refractivity contribution in [2.45, 2.75) is 45.7 Å². The number of benzene rings is 1. The van der Waals surface area contributed by atoms with Gasteiger partial charge in [-0.3, -0.25) is 14.2 Å². The Morgan fingerprint density at radius 1 is 1.32 bits per heavy atom. The summed E-state index contributed by atoms with van der Waals surface area (Å²) in [6.45, 7) is 3.02. The van der Waals surface area contributed by atoms with E-state index < -0.39 is 0 Å². The number of halogens is 1. The van der Waals surface area contributed by atoms with Crippen molar-refractivity contribution in [3.05, 3.63) is 61.5 Å². The van der Waals surface area contributed by atoms with Crippen molar-refractivity contribution in [1.29, 1.82) is 0 Å². The van der Waals surface area contributed by atoms with Gasteiger partial charge in [-0.15, -0.1) is 11.3 Å². The molecule has 1 aliphatic heterocycles. The summed E-state index contributed by atoms with van der Waals surface area (Å²) >= 11 is 7.37. The maximum atomic E-state index is 13.1. The number of amides is 1. The van der Waals surface area contributed by atoms with Crippen molar-refractivity contribution >= 4 is 39.1 Å². The molecule has 1 aromatic carbocycles. The number of hydrogen-bond donors (Lipinski definition) is 0. The second-order valence-corrected chi connectivity index (χ2v) is 8.76. The smallest absolute Gasteiger partial charge is 0.264 e. The number of thiophene rings is 1. The number of fused-ring (bicyclic) bond motifs is 2. The number of carbonyl (C=O) groups excluding carboxylic acids is 1. The zero-order valence-corrected chi connectivity index (χ0v) is 17.6. The highest BCUT2D eigenvalue weighted by Crippen LogP contribution is 2.29. The van der Waals surface area contributed by atoms with E-state index in [0.717, 1.165) is 42.6 Å². The summed E-state index contributed by atoms with van der Waals surface area (Å²) in [7, 11) is 1.77. The van der Waals surface area contributed by atoms with Crippen LogP contribution in [0.5, 0.6) is 0 Å². The third-order valence-electron chi connectivity index (χ3n) is 5.26. The van der Waals surface area contributed by atoms with E-state index in [0.29, 0.717) is 33.2 Å². The Hall–Kier alpha value is -2.18. The average Bonchev–Trinajstić information content (AvgIpc) is 2.83. The van der Waals surface area contributed by atoms with E-state index in [2.05, 4.69) is 0 Å². The quantitative estimate of drug-likeness (QED) is 0.636. The standard InChI is InChI=1S/C21H22ClN3O2S/c1-13-17-19(23-16-9-4-3-5-10-25(16)20(17)26)28-18(13)21(27)24(2)12-14-7-6-8-15(22)11-14/h6-8,11H,3-5,9-10,12H2,1-2H3. The lowest BCUT2D eigenvalue weighted by molar-refractivity contribution is 0.0789. The van der Waals surface area contributed by atoms with Gasteiger partial charge in [0.15, 0.2) is 0 Å². The molecule has 7 heteroatoms. The van der Waals surface area contributed by atoms with Gasteiger partial charge >= 0.3 is 0 Å². The van der Waals surface area contributed by atoms with Crippen LogP contribution in [0.2, 0.25) is 5.02 Å². The maximum Gasteiger partial charge on any atom is 0.264 e. The summed E-state index contributed by atoms with van der Waals surface area (Å²) in [6, 6.07) is 7.48. The van der Waals surface area contributed by atoms with Crippen LogP contribution in [-0.4, -0.2) is 27.4 Å². The highest BCUT2D eigenvalue weighted by atomic mass is 35.5. The number of carbonyl (C=O) groups is 1. The number of hydrogen-bond acceptors (Lipinski definition) is 4. The molecule has 0 bridgehead atoms. The van der Waals surface area contributed by atoms with Gasteiger partial charge in [0.1, 0.15) is 10.7 Å². The molecule has 2 aromatic heterocycles. The van der Waals surface area contributed by atoms with Gasteiger partial charge < -0.3 is 4.90 Å². The fraction of sp³-hybridized carbons (Fsp3) is 0.381. The predicted molar refractivity (Wildman–Crippen MR) is 113 cm³/mol. The molecule has 4 rings (SSSR count). The molecule has 0 unspecified atom stereocenters. The van der Waals surface area contributed by atoms with Crippen LogP contribution in [-0.2, 0) is 19.5 Å². The fourth-order valence-corrected chi connectivity index (χ4v) is 5.17. The minimum absolute atomic E-state index is 0.00723. The van der Waals surface area contributed by atoms with Crippen LogP contribution < -0.4 is 5.56 Å². The minimum atomic E-state index is -0.0972. The minimum Gasteiger partial charge on any atom is -0.337 e. The van der Waals surface area contributed by atoms with Crippen LogP contribution in [0.3, 0.4) is 0 Å². The lowest BCUT2D eigenvalue weighted by atomic mass is 10.1. The SMILES string of the molecule is Cc1c(C(=O)N(C)Cc2cccc(Cl)c2)sc2nc3n(c(=O)c12)CCCCC3. The predicted octanol–water partition coefficient (Wildman–Crippen LogP) is 4.42. The van der Waals surface area contributed by atoms with Crippen LogP contribution in [0, 0.1) is 6.92 Å². The number of rotatable bonds is 3. The summed E-state index contributed by atoms with van der Waals surface area (Å²) in [5, 5.41) is 1.24. The van der Waals surface area contributed by atoms with Gasteiger partial charge in [0.05, 0.1) is 10.3 Å². The fourth-order valence-electron chi connectivity index (χ4n) is 3.77. The Kier molecular flexibility index (Phi) is 5.25. The zero-order chi connectivity index (χ0) is 19.8. The Labute approximate surface area is 172 Å². The normalized spacial score (nSPS) is 14.0. The largest absolute Gasteiger partial charge is 0.337 e. The Bertz CT molecular complexity index is 1120. The zero-order valence-electron chi connectivity index (χ0n) is 16.0. The Morgan fingerprint density at radius 3 is 2.93 bits per heavy atom. The van der Waals surface area contributed by atoms with Crippen LogP contribution in [0.25, 0.3) is 10.2 Å². The van der Waals surface area contributed by atoms with Gasteiger partial charge in [0.2, 0.25) is 0 Å². The summed E-state index contributed by atoms with van der Waals surface area (Å²) in [5.74, 6) is 0.752. The van der Waals surface area contributed by atoms with Gasteiger partial charge in [-0.25, -0.2) is 4.98 Å². The van der Waals surface area contributed by atoms with E-state index in [-0.39, 0.29) is 11.5 Å². The monoisotopic (exact) mass is 415 g/mol. The topological polar surface area (TPSA) is 55.2 Å². The number of aromatic nitrogens is 2. The van der Waals surface area contributed by atoms with Crippen molar-refractivity contribution in [3.8, 4) is 0 Å². The third kappa shape index (κ3) is 3.47. The van der Waals surface area contributed by atoms with E-state index in [1.165, 1.54) is 11.3 Å². The van der Waals surface area contributed by atoms with Gasteiger partial charge in [-0.05, 0) is 43.0 Å². The summed E-state index contributed by atoms with van der Waals surface area (Å²) in [5.41, 5.74) is 1.69. The molecule has 1 amide bonds. The molecule has 0 aliphatic carbocycles. The van der Waals surface area contributed by atoms with E-state index >= 15 is 0 Å². The van der Waals surface area contributed by atoms with Crippen molar-refractivity contribution < 1.29 is 4.79 Å². The van der Waals surface area contributed by atoms with E-state index in [4.69, 9.17) is 16.6 Å². The summed E-state index contributed by atoms with van der Waals surface area (Å²) < 4.78 is 1.80. The maximum absolute atomic E-state index is 13.1. The van der Waals surface area contributed by atoms with E-state index in [1.807, 2.05) is 31.2 Å². The Balaban J connectivity index is 1.70. The molecule has 0 atom stereocenters. The molecule has 3 aromatic rings.